The fourth-order valence-electron chi connectivity index (χ4n) is 1.72. The molecule has 2 N–H and O–H groups in total. The summed E-state index contributed by atoms with van der Waals surface area (Å²) >= 11 is 0. The molecule has 102 valence electrons. The van der Waals surface area contributed by atoms with E-state index in [-0.39, 0.29) is 12.8 Å². The van der Waals surface area contributed by atoms with Crippen molar-refractivity contribution in [3.63, 3.8) is 0 Å². The van der Waals surface area contributed by atoms with Gasteiger partial charge in [0.2, 0.25) is 21.8 Å². The molecular weight excluding hydrogens is 275 g/mol. The van der Waals surface area contributed by atoms with Crippen LogP contribution in [0.5, 0.6) is 0 Å². The smallest absolute Gasteiger partial charge is 0.244 e. The Morgan fingerprint density at radius 3 is 2.58 bits per heavy atom. The van der Waals surface area contributed by atoms with Crippen LogP contribution in [0.2, 0.25) is 0 Å². The summed E-state index contributed by atoms with van der Waals surface area (Å²) in [7, 11) is -4.14. The van der Waals surface area contributed by atoms with Crippen molar-refractivity contribution in [2.24, 2.45) is 0 Å². The maximum absolute atomic E-state index is 13.4. The summed E-state index contributed by atoms with van der Waals surface area (Å²) in [6.07, 6.45) is 0.0918. The van der Waals surface area contributed by atoms with Crippen LogP contribution in [0, 0.1) is 5.82 Å². The standard InChI is InChI=1S/C11H11FN2O4S/c12-7-3-1-2-4-9(7)19(17,18)14-8-5-6-10(15)13-11(8)16/h1-4,8,14H,5-6H2,(H,13,15,16). The lowest BCUT2D eigenvalue weighted by Gasteiger charge is -2.21. The molecule has 6 nitrogen and oxygen atoms in total. The van der Waals surface area contributed by atoms with Gasteiger partial charge in [0.1, 0.15) is 16.8 Å². The summed E-state index contributed by atoms with van der Waals surface area (Å²) in [5.74, 6) is -2.08. The molecule has 8 heteroatoms. The zero-order valence-electron chi connectivity index (χ0n) is 9.72. The van der Waals surface area contributed by atoms with Gasteiger partial charge in [-0.15, -0.1) is 0 Å². The molecule has 1 heterocycles. The molecule has 1 aliphatic heterocycles. The molecule has 0 radical (unpaired) electrons. The normalized spacial score (nSPS) is 20.2. The summed E-state index contributed by atoms with van der Waals surface area (Å²) in [5, 5.41) is 2.02. The third-order valence-electron chi connectivity index (χ3n) is 2.66. The Bertz CT molecular complexity index is 629. The van der Waals surface area contributed by atoms with Crippen molar-refractivity contribution in [2.75, 3.05) is 0 Å². The van der Waals surface area contributed by atoms with Gasteiger partial charge in [0.15, 0.2) is 0 Å². The third kappa shape index (κ3) is 2.96. The van der Waals surface area contributed by atoms with Gasteiger partial charge >= 0.3 is 0 Å². The van der Waals surface area contributed by atoms with E-state index in [0.29, 0.717) is 0 Å². The summed E-state index contributed by atoms with van der Waals surface area (Å²) < 4.78 is 39.4. The van der Waals surface area contributed by atoms with Gasteiger partial charge in [-0.3, -0.25) is 14.9 Å². The minimum Gasteiger partial charge on any atom is -0.295 e. The number of amides is 2. The number of nitrogens with one attached hydrogen (secondary N) is 2. The van der Waals surface area contributed by atoms with Crippen molar-refractivity contribution < 1.29 is 22.4 Å². The van der Waals surface area contributed by atoms with Gasteiger partial charge in [-0.25, -0.2) is 12.8 Å². The number of imide groups is 1. The molecule has 1 fully saturated rings. The fourth-order valence-corrected chi connectivity index (χ4v) is 3.03. The van der Waals surface area contributed by atoms with E-state index >= 15 is 0 Å². The van der Waals surface area contributed by atoms with E-state index in [2.05, 4.69) is 4.72 Å². The maximum atomic E-state index is 13.4. The van der Waals surface area contributed by atoms with E-state index in [1.807, 2.05) is 5.32 Å². The number of hydrogen-bond acceptors (Lipinski definition) is 4. The van der Waals surface area contributed by atoms with Gasteiger partial charge in [-0.05, 0) is 18.6 Å². The molecule has 1 unspecified atom stereocenters. The third-order valence-corrected chi connectivity index (χ3v) is 4.17. The Kier molecular flexibility index (Phi) is 3.63. The van der Waals surface area contributed by atoms with Crippen molar-refractivity contribution in [3.8, 4) is 0 Å². The molecule has 2 amide bonds. The van der Waals surface area contributed by atoms with Crippen LogP contribution >= 0.6 is 0 Å². The molecule has 0 bridgehead atoms. The summed E-state index contributed by atoms with van der Waals surface area (Å²) in [4.78, 5) is 21.9. The summed E-state index contributed by atoms with van der Waals surface area (Å²) in [5.41, 5.74) is 0. The van der Waals surface area contributed by atoms with E-state index in [9.17, 15) is 22.4 Å². The topological polar surface area (TPSA) is 92.3 Å². The second kappa shape index (κ2) is 5.06. The Labute approximate surface area is 109 Å². The summed E-state index contributed by atoms with van der Waals surface area (Å²) in [6, 6.07) is 3.78. The zero-order valence-corrected chi connectivity index (χ0v) is 10.5. The Balaban J connectivity index is 2.21. The predicted molar refractivity (Wildman–Crippen MR) is 62.9 cm³/mol. The highest BCUT2D eigenvalue weighted by atomic mass is 32.2. The average molecular weight is 286 g/mol. The molecule has 2 rings (SSSR count). The minimum atomic E-state index is -4.14. The van der Waals surface area contributed by atoms with Gasteiger partial charge in [0.05, 0.1) is 0 Å². The SMILES string of the molecule is O=C1CCC(NS(=O)(=O)c2ccccc2F)C(=O)N1. The molecule has 1 saturated heterocycles. The Hall–Kier alpha value is -1.80. The number of piperidine rings is 1. The highest BCUT2D eigenvalue weighted by molar-refractivity contribution is 7.89. The lowest BCUT2D eigenvalue weighted by molar-refractivity contribution is -0.134. The number of carbonyl (C=O) groups is 2. The van der Waals surface area contributed by atoms with Gasteiger partial charge in [0, 0.05) is 6.42 Å². The van der Waals surface area contributed by atoms with Crippen molar-refractivity contribution in [1.29, 1.82) is 0 Å². The van der Waals surface area contributed by atoms with Gasteiger partial charge < -0.3 is 0 Å². The lowest BCUT2D eigenvalue weighted by Crippen LogP contribution is -2.52. The van der Waals surface area contributed by atoms with Crippen LogP contribution in [-0.2, 0) is 19.6 Å². The molecule has 1 atom stereocenters. The first-order chi connectivity index (χ1) is 8.90. The van der Waals surface area contributed by atoms with Crippen molar-refractivity contribution >= 4 is 21.8 Å². The summed E-state index contributed by atoms with van der Waals surface area (Å²) in [6.45, 7) is 0. The van der Waals surface area contributed by atoms with Crippen LogP contribution in [0.1, 0.15) is 12.8 Å². The van der Waals surface area contributed by atoms with Crippen molar-refractivity contribution in [1.82, 2.24) is 10.0 Å². The van der Waals surface area contributed by atoms with E-state index in [1.165, 1.54) is 12.1 Å². The molecule has 0 aliphatic carbocycles. The molecular formula is C11H11FN2O4S. The molecule has 0 spiro atoms. The quantitative estimate of drug-likeness (QED) is 0.759. The van der Waals surface area contributed by atoms with Crippen molar-refractivity contribution in [3.05, 3.63) is 30.1 Å². The fraction of sp³-hybridized carbons (Fsp3) is 0.273. The van der Waals surface area contributed by atoms with Crippen LogP contribution < -0.4 is 10.0 Å². The Morgan fingerprint density at radius 1 is 1.26 bits per heavy atom. The highest BCUT2D eigenvalue weighted by Crippen LogP contribution is 2.15. The van der Waals surface area contributed by atoms with E-state index in [1.54, 1.807) is 0 Å². The molecule has 0 saturated carbocycles. The van der Waals surface area contributed by atoms with Gasteiger partial charge in [-0.1, -0.05) is 12.1 Å². The molecule has 1 aromatic carbocycles. The second-order valence-corrected chi connectivity index (χ2v) is 5.74. The zero-order chi connectivity index (χ0) is 14.0. The first kappa shape index (κ1) is 13.6. The molecule has 0 aromatic heterocycles. The second-order valence-electron chi connectivity index (χ2n) is 4.06. The molecule has 1 aliphatic rings. The first-order valence-corrected chi connectivity index (χ1v) is 6.99. The van der Waals surface area contributed by atoms with Crippen LogP contribution in [0.3, 0.4) is 0 Å². The van der Waals surface area contributed by atoms with Crippen LogP contribution in [0.15, 0.2) is 29.2 Å². The van der Waals surface area contributed by atoms with Gasteiger partial charge in [-0.2, -0.15) is 4.72 Å². The predicted octanol–water partition coefficient (Wildman–Crippen LogP) is -0.0908. The van der Waals surface area contributed by atoms with E-state index < -0.39 is 38.6 Å². The highest BCUT2D eigenvalue weighted by Gasteiger charge is 2.31. The van der Waals surface area contributed by atoms with Crippen LogP contribution in [-0.4, -0.2) is 26.3 Å². The molecule has 1 aromatic rings. The van der Waals surface area contributed by atoms with Crippen LogP contribution in [0.4, 0.5) is 4.39 Å². The Morgan fingerprint density at radius 2 is 1.95 bits per heavy atom. The van der Waals surface area contributed by atoms with Gasteiger partial charge in [0.25, 0.3) is 0 Å². The first-order valence-electron chi connectivity index (χ1n) is 5.51. The van der Waals surface area contributed by atoms with Crippen LogP contribution in [0.25, 0.3) is 0 Å². The number of carbonyl (C=O) groups excluding carboxylic acids is 2. The minimum absolute atomic E-state index is 0.0379. The molecule has 19 heavy (non-hydrogen) atoms. The number of rotatable bonds is 3. The van der Waals surface area contributed by atoms with E-state index in [4.69, 9.17) is 0 Å². The largest absolute Gasteiger partial charge is 0.295 e. The lowest BCUT2D eigenvalue weighted by atomic mass is 10.1. The number of sulfonamides is 1. The monoisotopic (exact) mass is 286 g/mol. The van der Waals surface area contributed by atoms with Crippen molar-refractivity contribution in [2.45, 2.75) is 23.8 Å². The number of halogens is 1. The number of hydrogen-bond donors (Lipinski definition) is 2. The maximum Gasteiger partial charge on any atom is 0.244 e. The van der Waals surface area contributed by atoms with E-state index in [0.717, 1.165) is 12.1 Å². The average Bonchev–Trinajstić information content (AvgIpc) is 2.33. The number of benzene rings is 1.